The summed E-state index contributed by atoms with van der Waals surface area (Å²) in [6.07, 6.45) is 0. The molecule has 0 saturated carbocycles. The first-order valence-corrected chi connectivity index (χ1v) is 6.42. The number of aromatic nitrogens is 1. The standard InChI is InChI=1S/C13H13NO2S/c15-7-13(8-16-9-13)12-14-11(6-17-12)10-4-2-1-3-5-10/h1-6,15H,7-9H2. The zero-order chi connectivity index (χ0) is 11.7. The highest BCUT2D eigenvalue weighted by Gasteiger charge is 2.42. The molecule has 0 bridgehead atoms. The third-order valence-corrected chi connectivity index (χ3v) is 4.18. The zero-order valence-corrected chi connectivity index (χ0v) is 10.1. The minimum absolute atomic E-state index is 0.106. The molecule has 1 saturated heterocycles. The molecule has 1 aliphatic rings. The Bertz CT molecular complexity index is 500. The molecule has 2 aromatic rings. The third kappa shape index (κ3) is 1.78. The summed E-state index contributed by atoms with van der Waals surface area (Å²) < 4.78 is 5.21. The van der Waals surface area contributed by atoms with E-state index in [1.807, 2.05) is 35.7 Å². The van der Waals surface area contributed by atoms with Gasteiger partial charge >= 0.3 is 0 Å². The number of hydrogen-bond donors (Lipinski definition) is 1. The van der Waals surface area contributed by atoms with Gasteiger partial charge < -0.3 is 9.84 Å². The van der Waals surface area contributed by atoms with Crippen LogP contribution in [-0.4, -0.2) is 29.9 Å². The second kappa shape index (κ2) is 4.22. The van der Waals surface area contributed by atoms with Crippen LogP contribution in [0, 0.1) is 0 Å². The summed E-state index contributed by atoms with van der Waals surface area (Å²) in [6, 6.07) is 10.1. The first-order valence-electron chi connectivity index (χ1n) is 5.54. The quantitative estimate of drug-likeness (QED) is 0.903. The van der Waals surface area contributed by atoms with Crippen LogP contribution in [0.5, 0.6) is 0 Å². The highest BCUT2D eigenvalue weighted by Crippen LogP contribution is 2.35. The van der Waals surface area contributed by atoms with E-state index in [9.17, 15) is 5.11 Å². The fraction of sp³-hybridized carbons (Fsp3) is 0.308. The number of aliphatic hydroxyl groups excluding tert-OH is 1. The molecule has 1 aromatic heterocycles. The number of benzene rings is 1. The average Bonchev–Trinajstić information content (AvgIpc) is 2.80. The Hall–Kier alpha value is -1.23. The molecule has 17 heavy (non-hydrogen) atoms. The van der Waals surface area contributed by atoms with Crippen LogP contribution in [0.4, 0.5) is 0 Å². The van der Waals surface area contributed by atoms with Gasteiger partial charge in [-0.25, -0.2) is 4.98 Å². The summed E-state index contributed by atoms with van der Waals surface area (Å²) >= 11 is 1.60. The topological polar surface area (TPSA) is 42.4 Å². The summed E-state index contributed by atoms with van der Waals surface area (Å²) in [4.78, 5) is 4.62. The lowest BCUT2D eigenvalue weighted by molar-refractivity contribution is -0.0841. The van der Waals surface area contributed by atoms with Crippen molar-refractivity contribution in [2.75, 3.05) is 19.8 Å². The van der Waals surface area contributed by atoms with Crippen molar-refractivity contribution in [3.05, 3.63) is 40.7 Å². The van der Waals surface area contributed by atoms with Crippen molar-refractivity contribution in [3.63, 3.8) is 0 Å². The SMILES string of the molecule is OCC1(c2nc(-c3ccccc3)cs2)COC1. The number of hydrogen-bond acceptors (Lipinski definition) is 4. The van der Waals surface area contributed by atoms with E-state index in [2.05, 4.69) is 4.98 Å². The van der Waals surface area contributed by atoms with Crippen LogP contribution in [0.25, 0.3) is 11.3 Å². The molecule has 0 aliphatic carbocycles. The van der Waals surface area contributed by atoms with Gasteiger partial charge in [0, 0.05) is 10.9 Å². The fourth-order valence-electron chi connectivity index (χ4n) is 1.89. The normalized spacial score (nSPS) is 17.7. The van der Waals surface area contributed by atoms with Gasteiger partial charge in [0.15, 0.2) is 0 Å². The summed E-state index contributed by atoms with van der Waals surface area (Å²) in [6.45, 7) is 1.26. The van der Waals surface area contributed by atoms with Crippen molar-refractivity contribution in [1.29, 1.82) is 0 Å². The molecule has 2 heterocycles. The largest absolute Gasteiger partial charge is 0.395 e. The Morgan fingerprint density at radius 2 is 2.06 bits per heavy atom. The van der Waals surface area contributed by atoms with E-state index in [0.29, 0.717) is 13.2 Å². The maximum absolute atomic E-state index is 9.46. The summed E-state index contributed by atoms with van der Waals surface area (Å²) in [7, 11) is 0. The summed E-state index contributed by atoms with van der Waals surface area (Å²) in [5, 5.41) is 12.5. The van der Waals surface area contributed by atoms with Gasteiger partial charge in [0.05, 0.1) is 30.9 Å². The predicted molar refractivity (Wildman–Crippen MR) is 67.1 cm³/mol. The van der Waals surface area contributed by atoms with Crippen LogP contribution < -0.4 is 0 Å². The van der Waals surface area contributed by atoms with E-state index in [0.717, 1.165) is 16.3 Å². The molecule has 88 valence electrons. The Labute approximate surface area is 104 Å². The van der Waals surface area contributed by atoms with Gasteiger partial charge in [-0.15, -0.1) is 11.3 Å². The molecule has 0 radical (unpaired) electrons. The van der Waals surface area contributed by atoms with E-state index in [1.165, 1.54) is 0 Å². The van der Waals surface area contributed by atoms with Gasteiger partial charge in [-0.3, -0.25) is 0 Å². The van der Waals surface area contributed by atoms with Crippen LogP contribution in [0.3, 0.4) is 0 Å². The fourth-order valence-corrected chi connectivity index (χ4v) is 2.89. The molecular weight excluding hydrogens is 234 g/mol. The van der Waals surface area contributed by atoms with Crippen LogP contribution in [-0.2, 0) is 10.2 Å². The highest BCUT2D eigenvalue weighted by atomic mass is 32.1. The molecule has 3 nitrogen and oxygen atoms in total. The molecule has 1 N–H and O–H groups in total. The number of ether oxygens (including phenoxy) is 1. The molecular formula is C13H13NO2S. The van der Waals surface area contributed by atoms with Crippen molar-refractivity contribution in [3.8, 4) is 11.3 Å². The van der Waals surface area contributed by atoms with Crippen molar-refractivity contribution in [2.24, 2.45) is 0 Å². The molecule has 1 aromatic carbocycles. The Morgan fingerprint density at radius 3 is 2.65 bits per heavy atom. The van der Waals surface area contributed by atoms with E-state index in [1.54, 1.807) is 11.3 Å². The first-order chi connectivity index (χ1) is 8.34. The van der Waals surface area contributed by atoms with Crippen molar-refractivity contribution >= 4 is 11.3 Å². The molecule has 0 spiro atoms. The van der Waals surface area contributed by atoms with Crippen molar-refractivity contribution in [1.82, 2.24) is 4.98 Å². The van der Waals surface area contributed by atoms with Gasteiger partial charge in [-0.2, -0.15) is 0 Å². The first kappa shape index (κ1) is 10.9. The predicted octanol–water partition coefficient (Wildman–Crippen LogP) is 2.07. The number of aliphatic hydroxyl groups is 1. The van der Waals surface area contributed by atoms with Gasteiger partial charge in [-0.05, 0) is 0 Å². The van der Waals surface area contributed by atoms with Crippen molar-refractivity contribution < 1.29 is 9.84 Å². The zero-order valence-electron chi connectivity index (χ0n) is 9.30. The Kier molecular flexibility index (Phi) is 2.70. The monoisotopic (exact) mass is 247 g/mol. The molecule has 0 atom stereocenters. The second-order valence-electron chi connectivity index (χ2n) is 4.34. The lowest BCUT2D eigenvalue weighted by Crippen LogP contribution is -2.49. The van der Waals surface area contributed by atoms with E-state index in [4.69, 9.17) is 4.74 Å². The van der Waals surface area contributed by atoms with E-state index in [-0.39, 0.29) is 12.0 Å². The molecule has 4 heteroatoms. The van der Waals surface area contributed by atoms with Gasteiger partial charge in [0.1, 0.15) is 5.01 Å². The van der Waals surface area contributed by atoms with Crippen LogP contribution in [0.15, 0.2) is 35.7 Å². The molecule has 1 aliphatic heterocycles. The van der Waals surface area contributed by atoms with E-state index >= 15 is 0 Å². The van der Waals surface area contributed by atoms with Crippen LogP contribution in [0.2, 0.25) is 0 Å². The molecule has 0 unspecified atom stereocenters. The van der Waals surface area contributed by atoms with E-state index < -0.39 is 0 Å². The van der Waals surface area contributed by atoms with Crippen LogP contribution in [0.1, 0.15) is 5.01 Å². The van der Waals surface area contributed by atoms with Gasteiger partial charge in [0.2, 0.25) is 0 Å². The smallest absolute Gasteiger partial charge is 0.106 e. The van der Waals surface area contributed by atoms with Crippen molar-refractivity contribution in [2.45, 2.75) is 5.41 Å². The summed E-state index contributed by atoms with van der Waals surface area (Å²) in [5.74, 6) is 0. The maximum Gasteiger partial charge on any atom is 0.106 e. The number of rotatable bonds is 3. The molecule has 1 fully saturated rings. The number of thiazole rings is 1. The minimum atomic E-state index is -0.252. The third-order valence-electron chi connectivity index (χ3n) is 3.09. The van der Waals surface area contributed by atoms with Crippen LogP contribution >= 0.6 is 11.3 Å². The lowest BCUT2D eigenvalue weighted by Gasteiger charge is -2.37. The highest BCUT2D eigenvalue weighted by molar-refractivity contribution is 7.10. The maximum atomic E-state index is 9.46. The molecule has 0 amide bonds. The Balaban J connectivity index is 1.93. The lowest BCUT2D eigenvalue weighted by atomic mass is 9.88. The van der Waals surface area contributed by atoms with Gasteiger partial charge in [-0.1, -0.05) is 30.3 Å². The summed E-state index contributed by atoms with van der Waals surface area (Å²) in [5.41, 5.74) is 1.84. The van der Waals surface area contributed by atoms with Gasteiger partial charge in [0.25, 0.3) is 0 Å². The number of nitrogens with zero attached hydrogens (tertiary/aromatic N) is 1. The minimum Gasteiger partial charge on any atom is -0.395 e. The Morgan fingerprint density at radius 1 is 1.29 bits per heavy atom. The molecule has 3 rings (SSSR count). The second-order valence-corrected chi connectivity index (χ2v) is 5.19. The average molecular weight is 247 g/mol.